The van der Waals surface area contributed by atoms with Gasteiger partial charge < -0.3 is 14.5 Å². The standard InChI is InChI=1S/C24H25N5O/c30-24(21-18-26-22-9-5-4-8-20(21)22)29-16-13-27(14-17-29)12-15-28-11-10-25-23(28)19-6-2-1-3-7-19/h1-11,18,26H,12-17H2. The monoisotopic (exact) mass is 399 g/mol. The van der Waals surface area contributed by atoms with Gasteiger partial charge in [0.1, 0.15) is 5.82 Å². The van der Waals surface area contributed by atoms with Crippen LogP contribution in [0.25, 0.3) is 22.3 Å². The Morgan fingerprint density at radius 2 is 1.70 bits per heavy atom. The van der Waals surface area contributed by atoms with Gasteiger partial charge in [0.2, 0.25) is 0 Å². The summed E-state index contributed by atoms with van der Waals surface area (Å²) in [7, 11) is 0. The maximum Gasteiger partial charge on any atom is 0.256 e. The second-order valence-electron chi connectivity index (χ2n) is 7.69. The number of carbonyl (C=O) groups excluding carboxylic acids is 1. The van der Waals surface area contributed by atoms with Crippen LogP contribution in [0.15, 0.2) is 73.2 Å². The summed E-state index contributed by atoms with van der Waals surface area (Å²) in [5.41, 5.74) is 2.91. The first kappa shape index (κ1) is 18.6. The van der Waals surface area contributed by atoms with Crippen LogP contribution in [-0.4, -0.2) is 63.0 Å². The molecule has 2 aromatic carbocycles. The van der Waals surface area contributed by atoms with E-state index >= 15 is 0 Å². The van der Waals surface area contributed by atoms with E-state index in [4.69, 9.17) is 0 Å². The van der Waals surface area contributed by atoms with Crippen LogP contribution < -0.4 is 0 Å². The Hall–Kier alpha value is -3.38. The Morgan fingerprint density at radius 3 is 2.53 bits per heavy atom. The van der Waals surface area contributed by atoms with Crippen LogP contribution in [0.2, 0.25) is 0 Å². The molecule has 1 aliphatic heterocycles. The summed E-state index contributed by atoms with van der Waals surface area (Å²) < 4.78 is 2.21. The molecule has 1 amide bonds. The van der Waals surface area contributed by atoms with Crippen molar-refractivity contribution in [1.29, 1.82) is 0 Å². The summed E-state index contributed by atoms with van der Waals surface area (Å²) in [6.45, 7) is 5.14. The molecule has 1 aliphatic rings. The summed E-state index contributed by atoms with van der Waals surface area (Å²) in [4.78, 5) is 25.1. The van der Waals surface area contributed by atoms with Gasteiger partial charge in [0.15, 0.2) is 0 Å². The van der Waals surface area contributed by atoms with Crippen LogP contribution in [0.5, 0.6) is 0 Å². The van der Waals surface area contributed by atoms with E-state index in [1.54, 1.807) is 0 Å². The molecule has 6 heteroatoms. The molecule has 152 valence electrons. The number of benzene rings is 2. The minimum atomic E-state index is 0.119. The number of carbonyl (C=O) groups is 1. The van der Waals surface area contributed by atoms with E-state index in [0.717, 1.165) is 67.1 Å². The lowest BCUT2D eigenvalue weighted by molar-refractivity contribution is 0.0635. The number of nitrogens with one attached hydrogen (secondary N) is 1. The number of hydrogen-bond donors (Lipinski definition) is 1. The number of para-hydroxylation sites is 1. The fraction of sp³-hybridized carbons (Fsp3) is 0.250. The summed E-state index contributed by atoms with van der Waals surface area (Å²) in [5, 5.41) is 0.999. The van der Waals surface area contributed by atoms with E-state index in [2.05, 4.69) is 31.6 Å². The van der Waals surface area contributed by atoms with Crippen LogP contribution in [0, 0.1) is 0 Å². The minimum absolute atomic E-state index is 0.119. The van der Waals surface area contributed by atoms with E-state index in [9.17, 15) is 4.79 Å². The van der Waals surface area contributed by atoms with Crippen molar-refractivity contribution < 1.29 is 4.79 Å². The van der Waals surface area contributed by atoms with Crippen molar-refractivity contribution in [3.05, 3.63) is 78.8 Å². The maximum atomic E-state index is 13.0. The highest BCUT2D eigenvalue weighted by Gasteiger charge is 2.24. The van der Waals surface area contributed by atoms with Crippen molar-refractivity contribution in [3.63, 3.8) is 0 Å². The molecule has 0 saturated carbocycles. The number of aromatic amines is 1. The highest BCUT2D eigenvalue weighted by molar-refractivity contribution is 6.06. The molecular formula is C24H25N5O. The summed E-state index contributed by atoms with van der Waals surface area (Å²) >= 11 is 0. The molecule has 3 heterocycles. The summed E-state index contributed by atoms with van der Waals surface area (Å²) in [6.07, 6.45) is 5.74. The molecule has 30 heavy (non-hydrogen) atoms. The van der Waals surface area contributed by atoms with E-state index in [1.807, 2.05) is 66.0 Å². The van der Waals surface area contributed by atoms with Crippen molar-refractivity contribution in [2.24, 2.45) is 0 Å². The molecule has 1 N–H and O–H groups in total. The number of piperazine rings is 1. The smallest absolute Gasteiger partial charge is 0.256 e. The van der Waals surface area contributed by atoms with Crippen LogP contribution in [0.1, 0.15) is 10.4 Å². The SMILES string of the molecule is O=C(c1c[nH]c2ccccc12)N1CCN(CCn2ccnc2-c2ccccc2)CC1. The lowest BCUT2D eigenvalue weighted by Crippen LogP contribution is -2.49. The van der Waals surface area contributed by atoms with Crippen molar-refractivity contribution in [2.75, 3.05) is 32.7 Å². The molecule has 1 saturated heterocycles. The fourth-order valence-electron chi connectivity index (χ4n) is 4.18. The Bertz CT molecular complexity index is 1140. The first-order valence-corrected chi connectivity index (χ1v) is 10.4. The molecule has 4 aromatic rings. The Balaban J connectivity index is 1.18. The number of rotatable bonds is 5. The molecule has 6 nitrogen and oxygen atoms in total. The van der Waals surface area contributed by atoms with Gasteiger partial charge in [-0.15, -0.1) is 0 Å². The van der Waals surface area contributed by atoms with Gasteiger partial charge in [-0.2, -0.15) is 0 Å². The van der Waals surface area contributed by atoms with Crippen LogP contribution in [0.3, 0.4) is 0 Å². The van der Waals surface area contributed by atoms with E-state index in [-0.39, 0.29) is 5.91 Å². The zero-order valence-electron chi connectivity index (χ0n) is 16.9. The Kier molecular flexibility index (Phi) is 5.07. The van der Waals surface area contributed by atoms with Crippen molar-refractivity contribution in [1.82, 2.24) is 24.3 Å². The predicted octanol–water partition coefficient (Wildman–Crippen LogP) is 3.49. The number of fused-ring (bicyclic) bond motifs is 1. The van der Waals surface area contributed by atoms with Gasteiger partial charge in [-0.1, -0.05) is 48.5 Å². The zero-order chi connectivity index (χ0) is 20.3. The second-order valence-corrected chi connectivity index (χ2v) is 7.69. The van der Waals surface area contributed by atoms with Crippen LogP contribution >= 0.6 is 0 Å². The first-order chi connectivity index (χ1) is 14.8. The van der Waals surface area contributed by atoms with Gasteiger partial charge >= 0.3 is 0 Å². The molecule has 0 bridgehead atoms. The maximum absolute atomic E-state index is 13.0. The van der Waals surface area contributed by atoms with Crippen molar-refractivity contribution in [2.45, 2.75) is 6.54 Å². The quantitative estimate of drug-likeness (QED) is 0.559. The summed E-state index contributed by atoms with van der Waals surface area (Å²) in [6, 6.07) is 18.3. The number of hydrogen-bond acceptors (Lipinski definition) is 3. The number of aromatic nitrogens is 3. The molecule has 0 atom stereocenters. The Labute approximate surface area is 175 Å². The Morgan fingerprint density at radius 1 is 0.933 bits per heavy atom. The summed E-state index contributed by atoms with van der Waals surface area (Å²) in [5.74, 6) is 1.12. The predicted molar refractivity (Wildman–Crippen MR) is 118 cm³/mol. The first-order valence-electron chi connectivity index (χ1n) is 10.4. The molecule has 1 fully saturated rings. The number of H-pyrrole nitrogens is 1. The average molecular weight is 399 g/mol. The third kappa shape index (κ3) is 3.62. The highest BCUT2D eigenvalue weighted by Crippen LogP contribution is 2.20. The lowest BCUT2D eigenvalue weighted by atomic mass is 10.1. The van der Waals surface area contributed by atoms with E-state index < -0.39 is 0 Å². The van der Waals surface area contributed by atoms with Crippen molar-refractivity contribution >= 4 is 16.8 Å². The molecule has 0 radical (unpaired) electrons. The largest absolute Gasteiger partial charge is 0.360 e. The topological polar surface area (TPSA) is 57.2 Å². The third-order valence-corrected chi connectivity index (χ3v) is 5.88. The van der Waals surface area contributed by atoms with Gasteiger partial charge in [-0.05, 0) is 6.07 Å². The fourth-order valence-corrected chi connectivity index (χ4v) is 4.18. The highest BCUT2D eigenvalue weighted by atomic mass is 16.2. The van der Waals surface area contributed by atoms with Crippen molar-refractivity contribution in [3.8, 4) is 11.4 Å². The van der Waals surface area contributed by atoms with Gasteiger partial charge in [-0.25, -0.2) is 4.98 Å². The molecule has 5 rings (SSSR count). The van der Waals surface area contributed by atoms with Crippen LogP contribution in [-0.2, 0) is 6.54 Å². The van der Waals surface area contributed by atoms with E-state index in [0.29, 0.717) is 0 Å². The average Bonchev–Trinajstić information content (AvgIpc) is 3.45. The third-order valence-electron chi connectivity index (χ3n) is 5.88. The number of nitrogens with zero attached hydrogens (tertiary/aromatic N) is 4. The molecule has 0 unspecified atom stereocenters. The number of amides is 1. The van der Waals surface area contributed by atoms with Gasteiger partial charge in [0.05, 0.1) is 5.56 Å². The zero-order valence-corrected chi connectivity index (χ0v) is 16.9. The molecule has 0 spiro atoms. The molecular weight excluding hydrogens is 374 g/mol. The molecule has 0 aliphatic carbocycles. The van der Waals surface area contributed by atoms with Gasteiger partial charge in [0, 0.05) is 74.3 Å². The second kappa shape index (κ2) is 8.16. The van der Waals surface area contributed by atoms with Crippen LogP contribution in [0.4, 0.5) is 0 Å². The van der Waals surface area contributed by atoms with Gasteiger partial charge in [0.25, 0.3) is 5.91 Å². The van der Waals surface area contributed by atoms with E-state index in [1.165, 1.54) is 0 Å². The van der Waals surface area contributed by atoms with Gasteiger partial charge in [-0.3, -0.25) is 9.69 Å². The molecule has 2 aromatic heterocycles. The number of imidazole rings is 1. The lowest BCUT2D eigenvalue weighted by Gasteiger charge is -2.34. The minimum Gasteiger partial charge on any atom is -0.360 e. The normalized spacial score (nSPS) is 15.0.